The monoisotopic (exact) mass is 179 g/mol. The maximum atomic E-state index is 5.22. The smallest absolute Gasteiger partial charge is 0.130 e. The van der Waals surface area contributed by atoms with Gasteiger partial charge in [0.1, 0.15) is 12.4 Å². The quantitative estimate of drug-likeness (QED) is 0.764. The van der Waals surface area contributed by atoms with Crippen LogP contribution in [0.25, 0.3) is 0 Å². The van der Waals surface area contributed by atoms with Gasteiger partial charge < -0.3 is 10.5 Å². The molecule has 58 valence electrons. The van der Waals surface area contributed by atoms with Gasteiger partial charge in [0.25, 0.3) is 0 Å². The van der Waals surface area contributed by atoms with Gasteiger partial charge in [-0.05, 0) is 11.4 Å². The van der Waals surface area contributed by atoms with Crippen LogP contribution in [0.3, 0.4) is 0 Å². The fourth-order valence-electron chi connectivity index (χ4n) is 0.511. The SMILES string of the molecule is Cl.NCCOc1ccsc1. The van der Waals surface area contributed by atoms with Gasteiger partial charge in [0, 0.05) is 11.9 Å². The number of halogens is 1. The van der Waals surface area contributed by atoms with E-state index in [2.05, 4.69) is 0 Å². The minimum atomic E-state index is 0. The van der Waals surface area contributed by atoms with Crippen LogP contribution >= 0.6 is 23.7 Å². The van der Waals surface area contributed by atoms with Crippen molar-refractivity contribution < 1.29 is 4.74 Å². The van der Waals surface area contributed by atoms with Crippen LogP contribution in [0.15, 0.2) is 16.8 Å². The molecule has 0 aliphatic carbocycles. The Kier molecular flexibility index (Phi) is 5.39. The van der Waals surface area contributed by atoms with Gasteiger partial charge >= 0.3 is 0 Å². The van der Waals surface area contributed by atoms with E-state index in [1.165, 1.54) is 0 Å². The molecule has 2 nitrogen and oxygen atoms in total. The van der Waals surface area contributed by atoms with Crippen LogP contribution in [-0.4, -0.2) is 13.2 Å². The highest BCUT2D eigenvalue weighted by Crippen LogP contribution is 2.13. The summed E-state index contributed by atoms with van der Waals surface area (Å²) in [5, 5.41) is 3.93. The summed E-state index contributed by atoms with van der Waals surface area (Å²) in [6.45, 7) is 1.19. The van der Waals surface area contributed by atoms with Crippen molar-refractivity contribution in [1.82, 2.24) is 0 Å². The predicted molar refractivity (Wildman–Crippen MR) is 46.1 cm³/mol. The maximum absolute atomic E-state index is 5.22. The van der Waals surface area contributed by atoms with E-state index in [1.54, 1.807) is 11.3 Å². The lowest BCUT2D eigenvalue weighted by atomic mass is 10.6. The van der Waals surface area contributed by atoms with Gasteiger partial charge in [0.05, 0.1) is 0 Å². The van der Waals surface area contributed by atoms with Gasteiger partial charge in [-0.15, -0.1) is 23.7 Å². The van der Waals surface area contributed by atoms with Gasteiger partial charge in [0.2, 0.25) is 0 Å². The molecule has 0 saturated heterocycles. The first kappa shape index (κ1) is 9.75. The predicted octanol–water partition coefficient (Wildman–Crippen LogP) is 1.51. The van der Waals surface area contributed by atoms with E-state index in [0.29, 0.717) is 13.2 Å². The highest BCUT2D eigenvalue weighted by Gasteiger charge is 1.88. The third kappa shape index (κ3) is 3.06. The molecule has 0 radical (unpaired) electrons. The Labute approximate surface area is 70.4 Å². The summed E-state index contributed by atoms with van der Waals surface area (Å²) in [6, 6.07) is 1.93. The molecule has 0 unspecified atom stereocenters. The molecule has 4 heteroatoms. The maximum Gasteiger partial charge on any atom is 0.130 e. The average Bonchev–Trinajstić information content (AvgIpc) is 2.34. The molecule has 1 rings (SSSR count). The molecule has 0 fully saturated rings. The Morgan fingerprint density at radius 1 is 1.60 bits per heavy atom. The molecule has 0 amide bonds. The van der Waals surface area contributed by atoms with Crippen LogP contribution in [0.5, 0.6) is 5.75 Å². The van der Waals surface area contributed by atoms with E-state index in [-0.39, 0.29) is 12.4 Å². The number of nitrogens with two attached hydrogens (primary N) is 1. The van der Waals surface area contributed by atoms with Crippen LogP contribution in [0.2, 0.25) is 0 Å². The van der Waals surface area contributed by atoms with Gasteiger partial charge in [-0.1, -0.05) is 0 Å². The van der Waals surface area contributed by atoms with Gasteiger partial charge in [-0.3, -0.25) is 0 Å². The van der Waals surface area contributed by atoms with Crippen molar-refractivity contribution >= 4 is 23.7 Å². The van der Waals surface area contributed by atoms with E-state index in [0.717, 1.165) is 5.75 Å². The molecule has 0 spiro atoms. The number of thiophene rings is 1. The zero-order valence-corrected chi connectivity index (χ0v) is 7.08. The molecule has 0 saturated carbocycles. The van der Waals surface area contributed by atoms with Crippen molar-refractivity contribution in [3.8, 4) is 5.75 Å². The van der Waals surface area contributed by atoms with Crippen molar-refractivity contribution in [3.63, 3.8) is 0 Å². The standard InChI is InChI=1S/C6H9NOS.ClH/c7-2-3-8-6-1-4-9-5-6;/h1,4-5H,2-3,7H2;1H. The summed E-state index contributed by atoms with van der Waals surface area (Å²) in [6.07, 6.45) is 0. The number of hydrogen-bond donors (Lipinski definition) is 1. The van der Waals surface area contributed by atoms with Crippen LogP contribution in [-0.2, 0) is 0 Å². The second-order valence-electron chi connectivity index (χ2n) is 1.60. The summed E-state index contributed by atoms with van der Waals surface area (Å²) in [7, 11) is 0. The van der Waals surface area contributed by atoms with Crippen molar-refractivity contribution in [2.45, 2.75) is 0 Å². The fourth-order valence-corrected chi connectivity index (χ4v) is 1.08. The largest absolute Gasteiger partial charge is 0.491 e. The Balaban J connectivity index is 0.000000810. The lowest BCUT2D eigenvalue weighted by molar-refractivity contribution is 0.330. The van der Waals surface area contributed by atoms with Gasteiger partial charge in [-0.25, -0.2) is 0 Å². The second-order valence-corrected chi connectivity index (χ2v) is 2.38. The Hall–Kier alpha value is -0.250. The normalized spacial score (nSPS) is 8.50. The van der Waals surface area contributed by atoms with Gasteiger partial charge in [0.15, 0.2) is 0 Å². The Morgan fingerprint density at radius 2 is 2.40 bits per heavy atom. The Bertz CT molecular complexity index is 155. The number of ether oxygens (including phenoxy) is 1. The second kappa shape index (κ2) is 5.53. The fraction of sp³-hybridized carbons (Fsp3) is 0.333. The molecule has 1 aromatic heterocycles. The zero-order valence-electron chi connectivity index (χ0n) is 5.45. The minimum absolute atomic E-state index is 0. The number of hydrogen-bond acceptors (Lipinski definition) is 3. The molecule has 10 heavy (non-hydrogen) atoms. The number of rotatable bonds is 3. The van der Waals surface area contributed by atoms with Crippen LogP contribution < -0.4 is 10.5 Å². The van der Waals surface area contributed by atoms with Crippen molar-refractivity contribution in [1.29, 1.82) is 0 Å². The average molecular weight is 180 g/mol. The third-order valence-corrected chi connectivity index (χ3v) is 1.54. The van der Waals surface area contributed by atoms with Crippen LogP contribution in [0.1, 0.15) is 0 Å². The summed E-state index contributed by atoms with van der Waals surface area (Å²) in [4.78, 5) is 0. The molecule has 0 atom stereocenters. The van der Waals surface area contributed by atoms with E-state index < -0.39 is 0 Å². The summed E-state index contributed by atoms with van der Waals surface area (Å²) in [5.74, 6) is 0.922. The molecule has 0 aromatic carbocycles. The lowest BCUT2D eigenvalue weighted by Crippen LogP contribution is -2.09. The molecule has 2 N–H and O–H groups in total. The lowest BCUT2D eigenvalue weighted by Gasteiger charge is -1.97. The summed E-state index contributed by atoms with van der Waals surface area (Å²) >= 11 is 1.62. The van der Waals surface area contributed by atoms with E-state index in [1.807, 2.05) is 16.8 Å². The molecular weight excluding hydrogens is 170 g/mol. The molecular formula is C6H10ClNOS. The highest BCUT2D eigenvalue weighted by molar-refractivity contribution is 7.08. The van der Waals surface area contributed by atoms with Gasteiger partial charge in [-0.2, -0.15) is 0 Å². The zero-order chi connectivity index (χ0) is 6.53. The molecule has 0 aliphatic rings. The van der Waals surface area contributed by atoms with Crippen molar-refractivity contribution in [2.24, 2.45) is 5.73 Å². The molecule has 0 bridgehead atoms. The first-order valence-electron chi connectivity index (χ1n) is 2.78. The molecule has 0 aliphatic heterocycles. The van der Waals surface area contributed by atoms with Crippen molar-refractivity contribution in [3.05, 3.63) is 16.8 Å². The summed E-state index contributed by atoms with van der Waals surface area (Å²) < 4.78 is 5.18. The molecule has 1 aromatic rings. The van der Waals surface area contributed by atoms with Crippen LogP contribution in [0, 0.1) is 0 Å². The third-order valence-electron chi connectivity index (χ3n) is 0.882. The first-order valence-corrected chi connectivity index (χ1v) is 3.73. The highest BCUT2D eigenvalue weighted by atomic mass is 35.5. The molecule has 1 heterocycles. The van der Waals surface area contributed by atoms with E-state index >= 15 is 0 Å². The van der Waals surface area contributed by atoms with E-state index in [4.69, 9.17) is 10.5 Å². The van der Waals surface area contributed by atoms with E-state index in [9.17, 15) is 0 Å². The van der Waals surface area contributed by atoms with Crippen LogP contribution in [0.4, 0.5) is 0 Å². The summed E-state index contributed by atoms with van der Waals surface area (Å²) in [5.41, 5.74) is 5.22. The van der Waals surface area contributed by atoms with Crippen molar-refractivity contribution in [2.75, 3.05) is 13.2 Å². The minimum Gasteiger partial charge on any atom is -0.491 e. The first-order chi connectivity index (χ1) is 4.43. The topological polar surface area (TPSA) is 35.2 Å². The Morgan fingerprint density at radius 3 is 2.90 bits per heavy atom.